The Labute approximate surface area is 122 Å². The summed E-state index contributed by atoms with van der Waals surface area (Å²) in [5.41, 5.74) is 1.69. The summed E-state index contributed by atoms with van der Waals surface area (Å²) in [6.07, 6.45) is 7.84. The van der Waals surface area contributed by atoms with Crippen LogP contribution in [0.4, 0.5) is 0 Å². The maximum absolute atomic E-state index is 9.90. The lowest BCUT2D eigenvalue weighted by molar-refractivity contribution is 0.0123. The number of fused-ring (bicyclic) bond motifs is 1. The number of benzene rings is 1. The number of hydrogen-bond donors (Lipinski definition) is 1. The predicted molar refractivity (Wildman–Crippen MR) is 83.1 cm³/mol. The quantitative estimate of drug-likeness (QED) is 0.882. The lowest BCUT2D eigenvalue weighted by Gasteiger charge is -2.55. The van der Waals surface area contributed by atoms with E-state index in [4.69, 9.17) is 0 Å². The highest BCUT2D eigenvalue weighted by Crippen LogP contribution is 2.52. The first-order chi connectivity index (χ1) is 9.67. The fourth-order valence-corrected chi connectivity index (χ4v) is 4.90. The van der Waals surface area contributed by atoms with Crippen LogP contribution >= 0.6 is 0 Å². The molecule has 1 aliphatic heterocycles. The zero-order chi connectivity index (χ0) is 14.2. The van der Waals surface area contributed by atoms with Gasteiger partial charge in [0.05, 0.1) is 0 Å². The van der Waals surface area contributed by atoms with Crippen molar-refractivity contribution in [2.75, 3.05) is 13.6 Å². The zero-order valence-electron chi connectivity index (χ0n) is 12.8. The molecule has 1 aliphatic carbocycles. The topological polar surface area (TPSA) is 23.5 Å². The number of nitrogens with zero attached hydrogens (tertiary/aromatic N) is 1. The first-order valence-corrected chi connectivity index (χ1v) is 8.17. The highest BCUT2D eigenvalue weighted by atomic mass is 16.3. The molecule has 1 saturated heterocycles. The molecule has 20 heavy (non-hydrogen) atoms. The molecule has 2 heteroatoms. The standard InChI is InChI=1S/C18H27NO/c1-3-17-16-9-4-5-10-18(16,11-12-19(17)2)14-7-6-8-15(20)13-14/h6-8,13,16-17,20H,3-5,9-12H2,1-2H3/t16-,17-,18+/m1/s1. The van der Waals surface area contributed by atoms with E-state index in [0.29, 0.717) is 17.2 Å². The third kappa shape index (κ3) is 2.14. The maximum atomic E-state index is 9.90. The Kier molecular flexibility index (Phi) is 3.76. The van der Waals surface area contributed by atoms with Crippen molar-refractivity contribution >= 4 is 0 Å². The summed E-state index contributed by atoms with van der Waals surface area (Å²) in [6, 6.07) is 8.78. The summed E-state index contributed by atoms with van der Waals surface area (Å²) in [5.74, 6) is 1.18. The minimum absolute atomic E-state index is 0.310. The van der Waals surface area contributed by atoms with E-state index >= 15 is 0 Å². The van der Waals surface area contributed by atoms with Gasteiger partial charge in [0.25, 0.3) is 0 Å². The summed E-state index contributed by atoms with van der Waals surface area (Å²) >= 11 is 0. The third-order valence-electron chi connectivity index (χ3n) is 5.88. The van der Waals surface area contributed by atoms with Crippen LogP contribution in [-0.4, -0.2) is 29.6 Å². The number of likely N-dealkylation sites (tertiary alicyclic amines) is 1. The summed E-state index contributed by atoms with van der Waals surface area (Å²) in [6.45, 7) is 3.51. The minimum atomic E-state index is 0.310. The molecule has 1 N–H and O–H groups in total. The Morgan fingerprint density at radius 3 is 2.90 bits per heavy atom. The highest BCUT2D eigenvalue weighted by molar-refractivity contribution is 5.35. The molecular formula is C18H27NO. The molecule has 3 rings (SSSR count). The van der Waals surface area contributed by atoms with Gasteiger partial charge in [0.1, 0.15) is 5.75 Å². The maximum Gasteiger partial charge on any atom is 0.115 e. The largest absolute Gasteiger partial charge is 0.508 e. The fourth-order valence-electron chi connectivity index (χ4n) is 4.90. The van der Waals surface area contributed by atoms with Crippen LogP contribution in [0, 0.1) is 5.92 Å². The summed E-state index contributed by atoms with van der Waals surface area (Å²) < 4.78 is 0. The average Bonchev–Trinajstić information content (AvgIpc) is 2.47. The monoisotopic (exact) mass is 273 g/mol. The normalized spacial score (nSPS) is 34.7. The third-order valence-corrected chi connectivity index (χ3v) is 5.88. The number of aromatic hydroxyl groups is 1. The molecule has 2 fully saturated rings. The van der Waals surface area contributed by atoms with Gasteiger partial charge in [-0.05, 0) is 62.9 Å². The van der Waals surface area contributed by atoms with Gasteiger partial charge < -0.3 is 10.0 Å². The molecular weight excluding hydrogens is 246 g/mol. The molecule has 0 radical (unpaired) electrons. The molecule has 0 bridgehead atoms. The molecule has 2 aliphatic rings. The van der Waals surface area contributed by atoms with Crippen LogP contribution in [0.25, 0.3) is 0 Å². The van der Waals surface area contributed by atoms with Crippen molar-refractivity contribution in [3.63, 3.8) is 0 Å². The van der Waals surface area contributed by atoms with Crippen molar-refractivity contribution in [3.05, 3.63) is 29.8 Å². The van der Waals surface area contributed by atoms with Crippen LogP contribution in [0.5, 0.6) is 5.75 Å². The van der Waals surface area contributed by atoms with Crippen molar-refractivity contribution in [1.29, 1.82) is 0 Å². The van der Waals surface area contributed by atoms with E-state index in [-0.39, 0.29) is 0 Å². The van der Waals surface area contributed by atoms with Crippen molar-refractivity contribution in [2.45, 2.75) is 56.9 Å². The van der Waals surface area contributed by atoms with Crippen LogP contribution in [0.1, 0.15) is 51.0 Å². The lowest BCUT2D eigenvalue weighted by atomic mass is 9.56. The molecule has 1 aromatic rings. The Hall–Kier alpha value is -1.02. The van der Waals surface area contributed by atoms with E-state index in [9.17, 15) is 5.11 Å². The molecule has 0 aromatic heterocycles. The van der Waals surface area contributed by atoms with Crippen molar-refractivity contribution in [1.82, 2.24) is 4.90 Å². The van der Waals surface area contributed by atoms with Crippen LogP contribution in [0.3, 0.4) is 0 Å². The van der Waals surface area contributed by atoms with Crippen LogP contribution in [-0.2, 0) is 5.41 Å². The van der Waals surface area contributed by atoms with Gasteiger partial charge in [0.15, 0.2) is 0 Å². The molecule has 3 atom stereocenters. The molecule has 1 heterocycles. The lowest BCUT2D eigenvalue weighted by Crippen LogP contribution is -2.55. The molecule has 2 nitrogen and oxygen atoms in total. The Bertz CT molecular complexity index is 472. The Morgan fingerprint density at radius 2 is 2.15 bits per heavy atom. The Balaban J connectivity index is 2.03. The van der Waals surface area contributed by atoms with Crippen molar-refractivity contribution < 1.29 is 5.11 Å². The predicted octanol–water partition coefficient (Wildman–Crippen LogP) is 3.93. The van der Waals surface area contributed by atoms with Gasteiger partial charge in [-0.25, -0.2) is 0 Å². The van der Waals surface area contributed by atoms with Crippen molar-refractivity contribution in [2.24, 2.45) is 5.92 Å². The van der Waals surface area contributed by atoms with Gasteiger partial charge in [-0.2, -0.15) is 0 Å². The van der Waals surface area contributed by atoms with Gasteiger partial charge in [0, 0.05) is 11.5 Å². The van der Waals surface area contributed by atoms with Gasteiger partial charge in [-0.1, -0.05) is 31.9 Å². The van der Waals surface area contributed by atoms with E-state index in [1.54, 1.807) is 6.07 Å². The number of phenols is 1. The molecule has 0 spiro atoms. The molecule has 0 amide bonds. The minimum Gasteiger partial charge on any atom is -0.508 e. The first-order valence-electron chi connectivity index (χ1n) is 8.17. The number of piperidine rings is 1. The molecule has 1 saturated carbocycles. The van der Waals surface area contributed by atoms with E-state index in [1.807, 2.05) is 12.1 Å². The molecule has 0 unspecified atom stereocenters. The van der Waals surface area contributed by atoms with E-state index in [2.05, 4.69) is 24.9 Å². The smallest absolute Gasteiger partial charge is 0.115 e. The summed E-state index contributed by atoms with van der Waals surface area (Å²) in [4.78, 5) is 2.57. The number of phenolic OH excluding ortho intramolecular Hbond substituents is 1. The van der Waals surface area contributed by atoms with Crippen molar-refractivity contribution in [3.8, 4) is 5.75 Å². The highest BCUT2D eigenvalue weighted by Gasteiger charge is 2.48. The Morgan fingerprint density at radius 1 is 1.30 bits per heavy atom. The molecule has 1 aromatic carbocycles. The van der Waals surface area contributed by atoms with Gasteiger partial charge >= 0.3 is 0 Å². The second-order valence-electron chi connectivity index (χ2n) is 6.76. The van der Waals surface area contributed by atoms with Gasteiger partial charge in [-0.3, -0.25) is 0 Å². The van der Waals surface area contributed by atoms with Crippen LogP contribution < -0.4 is 0 Å². The van der Waals surface area contributed by atoms with E-state index in [0.717, 1.165) is 5.92 Å². The van der Waals surface area contributed by atoms with E-state index < -0.39 is 0 Å². The van der Waals surface area contributed by atoms with E-state index in [1.165, 1.54) is 50.6 Å². The number of hydrogen-bond acceptors (Lipinski definition) is 2. The molecule has 110 valence electrons. The number of rotatable bonds is 2. The summed E-state index contributed by atoms with van der Waals surface area (Å²) in [7, 11) is 2.29. The second kappa shape index (κ2) is 5.40. The average molecular weight is 273 g/mol. The SMILES string of the molecule is CC[C@@H]1[C@H]2CCCC[C@@]2(c2cccc(O)c2)CCN1C. The fraction of sp³-hybridized carbons (Fsp3) is 0.667. The van der Waals surface area contributed by atoms with Crippen LogP contribution in [0.2, 0.25) is 0 Å². The van der Waals surface area contributed by atoms with Gasteiger partial charge in [0.2, 0.25) is 0 Å². The van der Waals surface area contributed by atoms with Crippen LogP contribution in [0.15, 0.2) is 24.3 Å². The second-order valence-corrected chi connectivity index (χ2v) is 6.76. The van der Waals surface area contributed by atoms with Gasteiger partial charge in [-0.15, -0.1) is 0 Å². The first kappa shape index (κ1) is 13.9. The summed E-state index contributed by atoms with van der Waals surface area (Å²) in [5, 5.41) is 9.90. The zero-order valence-corrected chi connectivity index (χ0v) is 12.8.